The van der Waals surface area contributed by atoms with Crippen LogP contribution in [0.15, 0.2) is 18.2 Å². The minimum absolute atomic E-state index is 0.0507. The van der Waals surface area contributed by atoms with Crippen LogP contribution in [0.25, 0.3) is 11.3 Å². The monoisotopic (exact) mass is 220 g/mol. The fourth-order valence-electron chi connectivity index (χ4n) is 1.48. The molecule has 6 heteroatoms. The molecule has 1 aromatic heterocycles. The highest BCUT2D eigenvalue weighted by Gasteiger charge is 2.16. The van der Waals surface area contributed by atoms with Crippen molar-refractivity contribution in [2.45, 2.75) is 6.92 Å². The van der Waals surface area contributed by atoms with E-state index in [1.807, 2.05) is 0 Å². The molecule has 1 amide bonds. The number of aromatic nitrogens is 3. The molecule has 0 fully saturated rings. The molecule has 0 aliphatic carbocycles. The number of carbonyl (C=O) groups is 1. The molecule has 16 heavy (non-hydrogen) atoms. The highest BCUT2D eigenvalue weighted by atomic mass is 19.1. The number of H-pyrrole nitrogens is 1. The zero-order valence-electron chi connectivity index (χ0n) is 8.49. The highest BCUT2D eigenvalue weighted by molar-refractivity contribution is 5.96. The number of carbonyl (C=O) groups excluding carboxylic acids is 1. The van der Waals surface area contributed by atoms with Gasteiger partial charge in [-0.15, -0.1) is 0 Å². The first-order chi connectivity index (χ1) is 7.59. The maximum Gasteiger partial charge on any atom is 0.271 e. The van der Waals surface area contributed by atoms with Crippen molar-refractivity contribution in [1.82, 2.24) is 15.4 Å². The van der Waals surface area contributed by atoms with Crippen LogP contribution >= 0.6 is 0 Å². The van der Waals surface area contributed by atoms with Gasteiger partial charge in [0.15, 0.2) is 5.69 Å². The average molecular weight is 220 g/mol. The van der Waals surface area contributed by atoms with Gasteiger partial charge in [-0.3, -0.25) is 4.79 Å². The Morgan fingerprint density at radius 3 is 2.81 bits per heavy atom. The minimum Gasteiger partial charge on any atom is -0.364 e. The number of aromatic amines is 1. The number of aryl methyl sites for hydroxylation is 1. The molecular formula is C10H9FN4O. The zero-order chi connectivity index (χ0) is 11.7. The summed E-state index contributed by atoms with van der Waals surface area (Å²) in [6, 6.07) is 4.19. The van der Waals surface area contributed by atoms with Gasteiger partial charge in [-0.1, -0.05) is 0 Å². The summed E-state index contributed by atoms with van der Waals surface area (Å²) in [6.07, 6.45) is 0. The molecule has 82 valence electrons. The highest BCUT2D eigenvalue weighted by Crippen LogP contribution is 2.23. The number of amides is 1. The number of nitrogens with one attached hydrogen (secondary N) is 1. The van der Waals surface area contributed by atoms with E-state index in [4.69, 9.17) is 5.73 Å². The lowest BCUT2D eigenvalue weighted by atomic mass is 10.0. The summed E-state index contributed by atoms with van der Waals surface area (Å²) < 4.78 is 12.9. The molecule has 0 unspecified atom stereocenters. The van der Waals surface area contributed by atoms with Crippen molar-refractivity contribution in [3.8, 4) is 11.3 Å². The third-order valence-electron chi connectivity index (χ3n) is 2.22. The molecule has 2 rings (SSSR count). The average Bonchev–Trinajstić information content (AvgIpc) is 2.66. The second-order valence-corrected chi connectivity index (χ2v) is 3.34. The number of rotatable bonds is 2. The second-order valence-electron chi connectivity index (χ2n) is 3.34. The Bertz CT molecular complexity index is 550. The minimum atomic E-state index is -0.674. The summed E-state index contributed by atoms with van der Waals surface area (Å²) in [5.41, 5.74) is 6.82. The Kier molecular flexibility index (Phi) is 2.40. The Balaban J connectivity index is 2.59. The van der Waals surface area contributed by atoms with Crippen LogP contribution in [-0.4, -0.2) is 21.3 Å². The zero-order valence-corrected chi connectivity index (χ0v) is 8.49. The van der Waals surface area contributed by atoms with Gasteiger partial charge in [0.2, 0.25) is 0 Å². The molecule has 0 aliphatic rings. The maximum absolute atomic E-state index is 12.9. The molecule has 0 radical (unpaired) electrons. The van der Waals surface area contributed by atoms with Gasteiger partial charge in [-0.25, -0.2) is 4.39 Å². The van der Waals surface area contributed by atoms with Crippen molar-refractivity contribution in [3.63, 3.8) is 0 Å². The Morgan fingerprint density at radius 1 is 1.44 bits per heavy atom. The van der Waals surface area contributed by atoms with Crippen LogP contribution < -0.4 is 5.73 Å². The Hall–Kier alpha value is -2.24. The van der Waals surface area contributed by atoms with Crippen LogP contribution in [0, 0.1) is 12.7 Å². The third kappa shape index (κ3) is 1.65. The van der Waals surface area contributed by atoms with Crippen LogP contribution in [0.1, 0.15) is 16.1 Å². The van der Waals surface area contributed by atoms with Crippen molar-refractivity contribution in [2.24, 2.45) is 5.73 Å². The van der Waals surface area contributed by atoms with Gasteiger partial charge < -0.3 is 5.73 Å². The van der Waals surface area contributed by atoms with Crippen molar-refractivity contribution >= 4 is 5.91 Å². The molecule has 0 atom stereocenters. The smallest absolute Gasteiger partial charge is 0.271 e. The summed E-state index contributed by atoms with van der Waals surface area (Å²) >= 11 is 0. The number of nitrogens with two attached hydrogens (primary N) is 1. The van der Waals surface area contributed by atoms with Gasteiger partial charge in [0.1, 0.15) is 11.5 Å². The van der Waals surface area contributed by atoms with Crippen molar-refractivity contribution < 1.29 is 9.18 Å². The van der Waals surface area contributed by atoms with Gasteiger partial charge in [0.25, 0.3) is 5.91 Å². The van der Waals surface area contributed by atoms with E-state index >= 15 is 0 Å². The van der Waals surface area contributed by atoms with Gasteiger partial charge in [-0.05, 0) is 30.7 Å². The number of hydrogen-bond acceptors (Lipinski definition) is 3. The van der Waals surface area contributed by atoms with E-state index in [0.29, 0.717) is 16.8 Å². The molecule has 1 heterocycles. The largest absolute Gasteiger partial charge is 0.364 e. The molecule has 3 N–H and O–H groups in total. The first kappa shape index (κ1) is 10.3. The lowest BCUT2D eigenvalue weighted by molar-refractivity contribution is 0.0996. The summed E-state index contributed by atoms with van der Waals surface area (Å²) in [5, 5.41) is 9.82. The van der Waals surface area contributed by atoms with Gasteiger partial charge in [0, 0.05) is 5.56 Å². The normalized spacial score (nSPS) is 10.4. The predicted octanol–water partition coefficient (Wildman–Crippen LogP) is 1.02. The van der Waals surface area contributed by atoms with E-state index in [2.05, 4.69) is 15.4 Å². The Morgan fingerprint density at radius 2 is 2.19 bits per heavy atom. The van der Waals surface area contributed by atoms with E-state index in [1.54, 1.807) is 6.92 Å². The van der Waals surface area contributed by atoms with E-state index in [-0.39, 0.29) is 11.5 Å². The first-order valence-electron chi connectivity index (χ1n) is 4.56. The predicted molar refractivity (Wildman–Crippen MR) is 55.0 cm³/mol. The standard InChI is InChI=1S/C10H9FN4O/c1-5-4-6(11)2-3-7(5)8-9(10(12)16)14-15-13-8/h2-4H,1H3,(H2,12,16)(H,13,14,15). The van der Waals surface area contributed by atoms with Gasteiger partial charge in [-0.2, -0.15) is 15.4 Å². The van der Waals surface area contributed by atoms with Gasteiger partial charge in [0.05, 0.1) is 0 Å². The molecule has 0 saturated heterocycles. The van der Waals surface area contributed by atoms with Gasteiger partial charge >= 0.3 is 0 Å². The van der Waals surface area contributed by atoms with E-state index < -0.39 is 5.91 Å². The summed E-state index contributed by atoms with van der Waals surface area (Å²) in [4.78, 5) is 11.1. The summed E-state index contributed by atoms with van der Waals surface area (Å²) in [6.45, 7) is 1.72. The molecule has 2 aromatic rings. The van der Waals surface area contributed by atoms with E-state index in [9.17, 15) is 9.18 Å². The molecule has 5 nitrogen and oxygen atoms in total. The van der Waals surface area contributed by atoms with Crippen molar-refractivity contribution in [3.05, 3.63) is 35.3 Å². The number of benzene rings is 1. The number of halogens is 1. The fourth-order valence-corrected chi connectivity index (χ4v) is 1.48. The molecule has 0 saturated carbocycles. The van der Waals surface area contributed by atoms with E-state index in [0.717, 1.165) is 0 Å². The maximum atomic E-state index is 12.9. The van der Waals surface area contributed by atoms with Crippen molar-refractivity contribution in [1.29, 1.82) is 0 Å². The van der Waals surface area contributed by atoms with Crippen LogP contribution in [0.2, 0.25) is 0 Å². The fraction of sp³-hybridized carbons (Fsp3) is 0.100. The SMILES string of the molecule is Cc1cc(F)ccc1-c1n[nH]nc1C(N)=O. The number of nitrogens with zero attached hydrogens (tertiary/aromatic N) is 2. The first-order valence-corrected chi connectivity index (χ1v) is 4.56. The van der Waals surface area contributed by atoms with E-state index in [1.165, 1.54) is 18.2 Å². The molecule has 0 spiro atoms. The lowest BCUT2D eigenvalue weighted by Crippen LogP contribution is -2.13. The Labute approximate surface area is 90.5 Å². The second kappa shape index (κ2) is 3.73. The number of hydrogen-bond donors (Lipinski definition) is 2. The third-order valence-corrected chi connectivity index (χ3v) is 2.22. The van der Waals surface area contributed by atoms with Crippen LogP contribution in [0.3, 0.4) is 0 Å². The van der Waals surface area contributed by atoms with Crippen LogP contribution in [0.4, 0.5) is 4.39 Å². The topological polar surface area (TPSA) is 84.7 Å². The number of primary amides is 1. The van der Waals surface area contributed by atoms with Crippen molar-refractivity contribution in [2.75, 3.05) is 0 Å². The summed E-state index contributed by atoms with van der Waals surface area (Å²) in [5.74, 6) is -1.02. The lowest BCUT2D eigenvalue weighted by Gasteiger charge is -2.02. The van der Waals surface area contributed by atoms with Crippen LogP contribution in [0.5, 0.6) is 0 Å². The molecule has 0 bridgehead atoms. The molecule has 1 aromatic carbocycles. The summed E-state index contributed by atoms with van der Waals surface area (Å²) in [7, 11) is 0. The quantitative estimate of drug-likeness (QED) is 0.792. The molecular weight excluding hydrogens is 211 g/mol. The molecule has 0 aliphatic heterocycles. The van der Waals surface area contributed by atoms with Crippen LogP contribution in [-0.2, 0) is 0 Å².